The Kier molecular flexibility index (Phi) is 5.78. The maximum Gasteiger partial charge on any atom is 0.339 e. The van der Waals surface area contributed by atoms with Crippen molar-refractivity contribution in [2.75, 3.05) is 19.6 Å². The fraction of sp³-hybridized carbons (Fsp3) is 0.333. The molecule has 1 aliphatic carbocycles. The number of carbonyl (C=O) groups excluding carboxylic acids is 3. The molecule has 2 aromatic carbocycles. The number of rotatable bonds is 6. The molecule has 194 valence electrons. The fourth-order valence-electron chi connectivity index (χ4n) is 5.74. The second kappa shape index (κ2) is 9.04. The SMILES string of the molecule is CCCNC(=O)c1ccc(-c2ccc(C3(C(=O)N4CCC5(C4)OC(=O)c4ccccc45)CC3)c(F)c2)cn1. The van der Waals surface area contributed by atoms with E-state index in [0.29, 0.717) is 60.3 Å². The van der Waals surface area contributed by atoms with Crippen molar-refractivity contribution in [1.82, 2.24) is 15.2 Å². The molecule has 1 aromatic heterocycles. The lowest BCUT2D eigenvalue weighted by Gasteiger charge is -2.27. The minimum absolute atomic E-state index is 0.120. The van der Waals surface area contributed by atoms with Crippen LogP contribution in [-0.2, 0) is 20.5 Å². The summed E-state index contributed by atoms with van der Waals surface area (Å²) in [6.07, 6.45) is 4.06. The number of ether oxygens (including phenoxy) is 1. The molecular formula is C30H28FN3O4. The number of nitrogens with one attached hydrogen (secondary N) is 1. The lowest BCUT2D eigenvalue weighted by molar-refractivity contribution is -0.134. The van der Waals surface area contributed by atoms with Crippen LogP contribution < -0.4 is 5.32 Å². The van der Waals surface area contributed by atoms with E-state index in [0.717, 1.165) is 12.0 Å². The van der Waals surface area contributed by atoms with E-state index < -0.39 is 16.8 Å². The molecule has 8 heteroatoms. The van der Waals surface area contributed by atoms with E-state index >= 15 is 4.39 Å². The molecule has 1 spiro atoms. The summed E-state index contributed by atoms with van der Waals surface area (Å²) in [5.74, 6) is -1.16. The van der Waals surface area contributed by atoms with Crippen molar-refractivity contribution in [3.63, 3.8) is 0 Å². The number of amides is 2. The van der Waals surface area contributed by atoms with Gasteiger partial charge in [-0.25, -0.2) is 9.18 Å². The van der Waals surface area contributed by atoms with Gasteiger partial charge in [0.1, 0.15) is 11.5 Å². The molecule has 6 rings (SSSR count). The molecule has 0 radical (unpaired) electrons. The molecule has 1 N–H and O–H groups in total. The molecule has 7 nitrogen and oxygen atoms in total. The third-order valence-corrected chi connectivity index (χ3v) is 7.95. The quantitative estimate of drug-likeness (QED) is 0.495. The van der Waals surface area contributed by atoms with Gasteiger partial charge < -0.3 is 15.0 Å². The number of esters is 1. The normalized spacial score (nSPS) is 20.8. The Morgan fingerprint density at radius 2 is 1.84 bits per heavy atom. The molecule has 3 aliphatic rings. The number of carbonyl (C=O) groups is 3. The molecule has 0 bridgehead atoms. The number of pyridine rings is 1. The second-order valence-electron chi connectivity index (χ2n) is 10.4. The topological polar surface area (TPSA) is 88.6 Å². The van der Waals surface area contributed by atoms with Gasteiger partial charge in [-0.2, -0.15) is 0 Å². The van der Waals surface area contributed by atoms with Gasteiger partial charge in [0.2, 0.25) is 5.91 Å². The van der Waals surface area contributed by atoms with Gasteiger partial charge >= 0.3 is 5.97 Å². The first kappa shape index (κ1) is 24.3. The van der Waals surface area contributed by atoms with Crippen LogP contribution in [0.15, 0.2) is 60.8 Å². The van der Waals surface area contributed by atoms with Crippen molar-refractivity contribution >= 4 is 17.8 Å². The summed E-state index contributed by atoms with van der Waals surface area (Å²) in [4.78, 5) is 44.2. The number of aromatic nitrogens is 1. The van der Waals surface area contributed by atoms with Gasteiger partial charge in [-0.15, -0.1) is 0 Å². The highest BCUT2D eigenvalue weighted by Gasteiger charge is 2.58. The van der Waals surface area contributed by atoms with Gasteiger partial charge in [0.15, 0.2) is 5.60 Å². The summed E-state index contributed by atoms with van der Waals surface area (Å²) in [6, 6.07) is 15.6. The second-order valence-corrected chi connectivity index (χ2v) is 10.4. The summed E-state index contributed by atoms with van der Waals surface area (Å²) in [7, 11) is 0. The third-order valence-electron chi connectivity index (χ3n) is 7.95. The maximum atomic E-state index is 15.5. The van der Waals surface area contributed by atoms with Gasteiger partial charge in [-0.05, 0) is 43.0 Å². The first-order chi connectivity index (χ1) is 18.4. The van der Waals surface area contributed by atoms with E-state index in [1.165, 1.54) is 6.07 Å². The zero-order valence-corrected chi connectivity index (χ0v) is 21.1. The molecule has 38 heavy (non-hydrogen) atoms. The number of benzene rings is 2. The molecule has 1 saturated carbocycles. The van der Waals surface area contributed by atoms with Crippen LogP contribution in [0.2, 0.25) is 0 Å². The standard InChI is InChI=1S/C30H28FN3O4/c1-2-14-32-26(35)25-10-8-20(17-33-25)19-7-9-23(24(31)16-19)29(11-12-29)28(37)34-15-13-30(18-34)22-6-4-3-5-21(22)27(36)38-30/h3-10,16-17H,2,11-15,18H2,1H3,(H,32,35). The zero-order valence-electron chi connectivity index (χ0n) is 21.1. The van der Waals surface area contributed by atoms with Crippen LogP contribution in [0, 0.1) is 5.82 Å². The Morgan fingerprint density at radius 3 is 2.55 bits per heavy atom. The van der Waals surface area contributed by atoms with Crippen LogP contribution in [0.3, 0.4) is 0 Å². The Balaban J connectivity index is 1.20. The zero-order chi connectivity index (χ0) is 26.5. The fourth-order valence-corrected chi connectivity index (χ4v) is 5.74. The molecular weight excluding hydrogens is 485 g/mol. The van der Waals surface area contributed by atoms with Gasteiger partial charge in [0, 0.05) is 42.4 Å². The lowest BCUT2D eigenvalue weighted by Crippen LogP contribution is -2.40. The Hall–Kier alpha value is -4.07. The van der Waals surface area contributed by atoms with Crippen LogP contribution in [-0.4, -0.2) is 47.3 Å². The molecule has 3 heterocycles. The number of likely N-dealkylation sites (tertiary alicyclic amines) is 1. The average Bonchev–Trinajstić information content (AvgIpc) is 3.56. The van der Waals surface area contributed by atoms with Crippen molar-refractivity contribution in [2.45, 2.75) is 43.6 Å². The van der Waals surface area contributed by atoms with Gasteiger partial charge in [-0.3, -0.25) is 14.6 Å². The lowest BCUT2D eigenvalue weighted by atomic mass is 9.90. The van der Waals surface area contributed by atoms with Crippen molar-refractivity contribution < 1.29 is 23.5 Å². The van der Waals surface area contributed by atoms with E-state index in [4.69, 9.17) is 4.74 Å². The molecule has 2 aliphatic heterocycles. The van der Waals surface area contributed by atoms with Crippen molar-refractivity contribution in [3.05, 3.63) is 89.0 Å². The van der Waals surface area contributed by atoms with Crippen LogP contribution in [0.5, 0.6) is 0 Å². The predicted molar refractivity (Wildman–Crippen MR) is 138 cm³/mol. The highest BCUT2D eigenvalue weighted by atomic mass is 19.1. The monoisotopic (exact) mass is 513 g/mol. The smallest absolute Gasteiger partial charge is 0.339 e. The van der Waals surface area contributed by atoms with Crippen molar-refractivity contribution in [3.8, 4) is 11.1 Å². The maximum absolute atomic E-state index is 15.5. The van der Waals surface area contributed by atoms with E-state index in [2.05, 4.69) is 10.3 Å². The number of hydrogen-bond donors (Lipinski definition) is 1. The Morgan fingerprint density at radius 1 is 1.05 bits per heavy atom. The van der Waals surface area contributed by atoms with Crippen LogP contribution in [0.25, 0.3) is 11.1 Å². The van der Waals surface area contributed by atoms with Crippen LogP contribution in [0.1, 0.15) is 64.6 Å². The number of nitrogens with zero attached hydrogens (tertiary/aromatic N) is 2. The predicted octanol–water partition coefficient (Wildman–Crippen LogP) is 4.36. The number of hydrogen-bond acceptors (Lipinski definition) is 5. The summed E-state index contributed by atoms with van der Waals surface area (Å²) in [5.41, 5.74) is 1.65. The van der Waals surface area contributed by atoms with Crippen LogP contribution in [0.4, 0.5) is 4.39 Å². The molecule has 2 fully saturated rings. The van der Waals surface area contributed by atoms with Crippen LogP contribution >= 0.6 is 0 Å². The third kappa shape index (κ3) is 3.86. The van der Waals surface area contributed by atoms with E-state index in [9.17, 15) is 14.4 Å². The van der Waals surface area contributed by atoms with Gasteiger partial charge in [0.05, 0.1) is 17.5 Å². The Labute approximate surface area is 220 Å². The summed E-state index contributed by atoms with van der Waals surface area (Å²) >= 11 is 0. The van der Waals surface area contributed by atoms with Crippen molar-refractivity contribution in [2.24, 2.45) is 0 Å². The molecule has 1 saturated heterocycles. The van der Waals surface area contributed by atoms with E-state index in [1.54, 1.807) is 47.5 Å². The molecule has 3 aromatic rings. The summed E-state index contributed by atoms with van der Waals surface area (Å²) in [6.45, 7) is 3.28. The minimum Gasteiger partial charge on any atom is -0.449 e. The first-order valence-electron chi connectivity index (χ1n) is 13.0. The van der Waals surface area contributed by atoms with Gasteiger partial charge in [-0.1, -0.05) is 43.3 Å². The highest BCUT2D eigenvalue weighted by Crippen LogP contribution is 2.53. The molecule has 1 unspecified atom stereocenters. The Bertz CT molecular complexity index is 1450. The first-order valence-corrected chi connectivity index (χ1v) is 13.0. The summed E-state index contributed by atoms with van der Waals surface area (Å²) in [5, 5.41) is 2.78. The van der Waals surface area contributed by atoms with Gasteiger partial charge in [0.25, 0.3) is 5.91 Å². The molecule has 1 atom stereocenters. The van der Waals surface area contributed by atoms with Crippen molar-refractivity contribution in [1.29, 1.82) is 0 Å². The average molecular weight is 514 g/mol. The summed E-state index contributed by atoms with van der Waals surface area (Å²) < 4.78 is 21.3. The minimum atomic E-state index is -0.893. The largest absolute Gasteiger partial charge is 0.449 e. The van der Waals surface area contributed by atoms with E-state index in [-0.39, 0.29) is 24.3 Å². The molecule has 2 amide bonds. The highest BCUT2D eigenvalue weighted by molar-refractivity contribution is 5.96. The number of fused-ring (bicyclic) bond motifs is 2. The van der Waals surface area contributed by atoms with E-state index in [1.807, 2.05) is 19.1 Å². The number of halogens is 1.